The van der Waals surface area contributed by atoms with Gasteiger partial charge in [-0.3, -0.25) is 4.79 Å². The summed E-state index contributed by atoms with van der Waals surface area (Å²) >= 11 is 0. The molecule has 0 radical (unpaired) electrons. The van der Waals surface area contributed by atoms with Crippen LogP contribution in [0.4, 0.5) is 8.78 Å². The van der Waals surface area contributed by atoms with Gasteiger partial charge in [0, 0.05) is 12.6 Å². The molecule has 0 bridgehead atoms. The normalized spacial score (nSPS) is 13.6. The number of carbonyl (C=O) groups is 1. The lowest BCUT2D eigenvalue weighted by molar-refractivity contribution is -0.128. The zero-order valence-electron chi connectivity index (χ0n) is 12.8. The van der Waals surface area contributed by atoms with E-state index in [2.05, 4.69) is 10.6 Å². The molecule has 0 heterocycles. The molecule has 0 aliphatic rings. The van der Waals surface area contributed by atoms with Crippen LogP contribution in [-0.2, 0) is 11.3 Å². The summed E-state index contributed by atoms with van der Waals surface area (Å²) in [7, 11) is 1.68. The van der Waals surface area contributed by atoms with Crippen LogP contribution in [0.3, 0.4) is 0 Å². The maximum atomic E-state index is 13.9. The van der Waals surface area contributed by atoms with E-state index in [4.69, 9.17) is 4.74 Å². The van der Waals surface area contributed by atoms with E-state index >= 15 is 0 Å². The summed E-state index contributed by atoms with van der Waals surface area (Å²) in [4.78, 5) is 11.8. The molecule has 0 saturated heterocycles. The lowest BCUT2D eigenvalue weighted by atomic mass is 10.2. The van der Waals surface area contributed by atoms with Gasteiger partial charge in [-0.2, -0.15) is 0 Å². The third-order valence-electron chi connectivity index (χ3n) is 3.10. The smallest absolute Gasteiger partial charge is 0.260 e. The Labute approximate surface area is 123 Å². The molecule has 2 N–H and O–H groups in total. The Morgan fingerprint density at radius 3 is 2.33 bits per heavy atom. The van der Waals surface area contributed by atoms with E-state index in [9.17, 15) is 13.6 Å². The molecule has 1 rings (SSSR count). The Hall–Kier alpha value is -1.69. The van der Waals surface area contributed by atoms with Crippen molar-refractivity contribution < 1.29 is 18.3 Å². The molecule has 0 spiro atoms. The van der Waals surface area contributed by atoms with Crippen molar-refractivity contribution in [1.29, 1.82) is 0 Å². The molecule has 0 aliphatic heterocycles. The number of hydrogen-bond acceptors (Lipinski definition) is 3. The van der Waals surface area contributed by atoms with E-state index in [1.54, 1.807) is 7.05 Å². The summed E-state index contributed by atoms with van der Waals surface area (Å²) in [6, 6.07) is 2.36. The van der Waals surface area contributed by atoms with Gasteiger partial charge < -0.3 is 15.4 Å². The highest BCUT2D eigenvalue weighted by Crippen LogP contribution is 2.24. The number of ether oxygens (including phenoxy) is 1. The van der Waals surface area contributed by atoms with Crippen LogP contribution in [0, 0.1) is 11.6 Å². The fraction of sp³-hybridized carbons (Fsp3) is 0.533. The van der Waals surface area contributed by atoms with Crippen LogP contribution in [0.1, 0.15) is 32.8 Å². The molecule has 0 aromatic heterocycles. The van der Waals surface area contributed by atoms with E-state index in [1.807, 2.05) is 13.8 Å². The van der Waals surface area contributed by atoms with Crippen LogP contribution in [0.15, 0.2) is 12.1 Å². The molecule has 6 heteroatoms. The lowest BCUT2D eigenvalue weighted by Gasteiger charge is -2.18. The van der Waals surface area contributed by atoms with Crippen LogP contribution >= 0.6 is 0 Å². The Morgan fingerprint density at radius 1 is 1.29 bits per heavy atom. The summed E-state index contributed by atoms with van der Waals surface area (Å²) < 4.78 is 32.9. The van der Waals surface area contributed by atoms with E-state index < -0.39 is 29.4 Å². The highest BCUT2D eigenvalue weighted by molar-refractivity contribution is 5.80. The lowest BCUT2D eigenvalue weighted by Crippen LogP contribution is -2.41. The van der Waals surface area contributed by atoms with Crippen LogP contribution < -0.4 is 15.4 Å². The fourth-order valence-corrected chi connectivity index (χ4v) is 1.72. The van der Waals surface area contributed by atoms with Gasteiger partial charge in [0.25, 0.3) is 5.91 Å². The van der Waals surface area contributed by atoms with Crippen molar-refractivity contribution in [3.63, 3.8) is 0 Å². The first-order valence-corrected chi connectivity index (χ1v) is 6.98. The molecular weight excluding hydrogens is 278 g/mol. The third-order valence-corrected chi connectivity index (χ3v) is 3.10. The topological polar surface area (TPSA) is 50.4 Å². The molecule has 0 fully saturated rings. The largest absolute Gasteiger partial charge is 0.475 e. The van der Waals surface area contributed by atoms with Crippen molar-refractivity contribution in [2.45, 2.75) is 45.9 Å². The van der Waals surface area contributed by atoms with Gasteiger partial charge in [-0.05, 0) is 45.0 Å². The molecule has 0 aliphatic carbocycles. The number of carbonyl (C=O) groups excluding carboxylic acids is 1. The first-order chi connectivity index (χ1) is 9.88. The minimum Gasteiger partial charge on any atom is -0.475 e. The molecule has 2 atom stereocenters. The third kappa shape index (κ3) is 4.97. The molecule has 1 amide bonds. The SMILES string of the molecule is CCC(C)NC(=O)C(C)Oc1c(F)cc(CNC)cc1F. The van der Waals surface area contributed by atoms with Crippen molar-refractivity contribution in [1.82, 2.24) is 10.6 Å². The number of hydrogen-bond donors (Lipinski definition) is 2. The molecule has 21 heavy (non-hydrogen) atoms. The first kappa shape index (κ1) is 17.4. The zero-order chi connectivity index (χ0) is 16.0. The van der Waals surface area contributed by atoms with Crippen LogP contribution in [-0.4, -0.2) is 25.1 Å². The van der Waals surface area contributed by atoms with Crippen LogP contribution in [0.2, 0.25) is 0 Å². The van der Waals surface area contributed by atoms with Gasteiger partial charge in [-0.1, -0.05) is 6.92 Å². The number of amides is 1. The standard InChI is InChI=1S/C15H22F2N2O2/c1-5-9(2)19-15(20)10(3)21-14-12(16)6-11(8-18-4)7-13(14)17/h6-7,9-10,18H,5,8H2,1-4H3,(H,19,20). The minimum absolute atomic E-state index is 0.0174. The van der Waals surface area contributed by atoms with Crippen molar-refractivity contribution >= 4 is 5.91 Å². The first-order valence-electron chi connectivity index (χ1n) is 6.98. The molecule has 1 aromatic carbocycles. The molecule has 1 aromatic rings. The fourth-order valence-electron chi connectivity index (χ4n) is 1.72. The van der Waals surface area contributed by atoms with Crippen molar-refractivity contribution in [3.8, 4) is 5.75 Å². The molecule has 4 nitrogen and oxygen atoms in total. The monoisotopic (exact) mass is 300 g/mol. The number of benzene rings is 1. The average molecular weight is 300 g/mol. The Balaban J connectivity index is 2.80. The number of rotatable bonds is 7. The average Bonchev–Trinajstić information content (AvgIpc) is 2.42. The summed E-state index contributed by atoms with van der Waals surface area (Å²) in [5.74, 6) is -2.56. The predicted octanol–water partition coefficient (Wildman–Crippen LogP) is 2.37. The zero-order valence-corrected chi connectivity index (χ0v) is 12.8. The Morgan fingerprint density at radius 2 is 1.86 bits per heavy atom. The molecule has 118 valence electrons. The van der Waals surface area contributed by atoms with Crippen LogP contribution in [0.5, 0.6) is 5.75 Å². The van der Waals surface area contributed by atoms with Crippen molar-refractivity contribution in [2.75, 3.05) is 7.05 Å². The minimum atomic E-state index is -0.974. The summed E-state index contributed by atoms with van der Waals surface area (Å²) in [5.41, 5.74) is 0.469. The van der Waals surface area contributed by atoms with E-state index in [0.717, 1.165) is 6.42 Å². The van der Waals surface area contributed by atoms with Crippen molar-refractivity contribution in [2.24, 2.45) is 0 Å². The van der Waals surface area contributed by atoms with Gasteiger partial charge in [0.1, 0.15) is 0 Å². The van der Waals surface area contributed by atoms with Gasteiger partial charge in [-0.25, -0.2) is 8.78 Å². The Bertz CT molecular complexity index is 472. The number of halogens is 2. The molecule has 0 saturated carbocycles. The maximum Gasteiger partial charge on any atom is 0.260 e. The van der Waals surface area contributed by atoms with Crippen LogP contribution in [0.25, 0.3) is 0 Å². The number of nitrogens with one attached hydrogen (secondary N) is 2. The summed E-state index contributed by atoms with van der Waals surface area (Å²) in [6.07, 6.45) is -0.210. The highest BCUT2D eigenvalue weighted by Gasteiger charge is 2.21. The van der Waals surface area contributed by atoms with Gasteiger partial charge in [-0.15, -0.1) is 0 Å². The predicted molar refractivity (Wildman–Crippen MR) is 77.1 cm³/mol. The summed E-state index contributed by atoms with van der Waals surface area (Å²) in [6.45, 7) is 5.57. The van der Waals surface area contributed by atoms with E-state index in [0.29, 0.717) is 12.1 Å². The van der Waals surface area contributed by atoms with Gasteiger partial charge in [0.2, 0.25) is 0 Å². The van der Waals surface area contributed by atoms with Gasteiger partial charge in [0.15, 0.2) is 23.5 Å². The summed E-state index contributed by atoms with van der Waals surface area (Å²) in [5, 5.41) is 5.51. The Kier molecular flexibility index (Phi) is 6.55. The second-order valence-corrected chi connectivity index (χ2v) is 5.00. The van der Waals surface area contributed by atoms with Crippen molar-refractivity contribution in [3.05, 3.63) is 29.3 Å². The maximum absolute atomic E-state index is 13.9. The highest BCUT2D eigenvalue weighted by atomic mass is 19.1. The quantitative estimate of drug-likeness (QED) is 0.813. The second-order valence-electron chi connectivity index (χ2n) is 5.00. The molecule has 2 unspecified atom stereocenters. The van der Waals surface area contributed by atoms with E-state index in [-0.39, 0.29) is 6.04 Å². The van der Waals surface area contributed by atoms with Gasteiger partial charge >= 0.3 is 0 Å². The van der Waals surface area contributed by atoms with E-state index in [1.165, 1.54) is 19.1 Å². The molecular formula is C15H22F2N2O2. The second kappa shape index (κ2) is 7.93. The van der Waals surface area contributed by atoms with Gasteiger partial charge in [0.05, 0.1) is 0 Å².